The molecule has 1 heteroatoms. The first kappa shape index (κ1) is 11.5. The number of allylic oxidation sites excluding steroid dienone is 1. The van der Waals surface area contributed by atoms with Gasteiger partial charge in [0.15, 0.2) is 0 Å². The van der Waals surface area contributed by atoms with Gasteiger partial charge in [-0.05, 0) is 12.3 Å². The van der Waals surface area contributed by atoms with Crippen molar-refractivity contribution in [2.45, 2.75) is 57.8 Å². The minimum Gasteiger partial charge on any atom is -0.300 e. The number of hydrogen-bond acceptors (Lipinski definition) is 1. The van der Waals surface area contributed by atoms with Crippen molar-refractivity contribution in [1.82, 2.24) is 0 Å². The van der Waals surface area contributed by atoms with E-state index in [1.54, 1.807) is 0 Å². The molecule has 0 spiro atoms. The lowest BCUT2D eigenvalue weighted by atomic mass is 9.93. The Labute approximate surface area is 87.6 Å². The van der Waals surface area contributed by atoms with E-state index in [1.807, 2.05) is 6.08 Å². The van der Waals surface area contributed by atoms with Crippen LogP contribution in [0.15, 0.2) is 12.7 Å². The molecule has 1 fully saturated rings. The second-order valence-electron chi connectivity index (χ2n) is 4.43. The molecule has 0 aromatic rings. The second-order valence-corrected chi connectivity index (χ2v) is 4.43. The standard InChI is InChI=1S/C13H22O/c1-2-3-10-13(14)11-12-8-6-4-5-7-9-12/h2,12H,1,3-11H2. The Morgan fingerprint density at radius 1 is 1.21 bits per heavy atom. The topological polar surface area (TPSA) is 17.1 Å². The van der Waals surface area contributed by atoms with E-state index in [-0.39, 0.29) is 0 Å². The number of rotatable bonds is 5. The van der Waals surface area contributed by atoms with Gasteiger partial charge < -0.3 is 0 Å². The molecular formula is C13H22O. The quantitative estimate of drug-likeness (QED) is 0.479. The van der Waals surface area contributed by atoms with Gasteiger partial charge in [-0.1, -0.05) is 44.6 Å². The predicted molar refractivity (Wildman–Crippen MR) is 60.2 cm³/mol. The summed E-state index contributed by atoms with van der Waals surface area (Å²) in [4.78, 5) is 11.5. The first-order chi connectivity index (χ1) is 6.83. The first-order valence-corrected chi connectivity index (χ1v) is 5.95. The summed E-state index contributed by atoms with van der Waals surface area (Å²) in [5.41, 5.74) is 0. The maximum Gasteiger partial charge on any atom is 0.133 e. The Kier molecular flexibility index (Phi) is 5.58. The van der Waals surface area contributed by atoms with Crippen molar-refractivity contribution in [2.75, 3.05) is 0 Å². The number of hydrogen-bond donors (Lipinski definition) is 0. The molecule has 1 nitrogen and oxygen atoms in total. The summed E-state index contributed by atoms with van der Waals surface area (Å²) < 4.78 is 0. The van der Waals surface area contributed by atoms with Crippen LogP contribution in [0.3, 0.4) is 0 Å². The lowest BCUT2D eigenvalue weighted by Crippen LogP contribution is -2.07. The Morgan fingerprint density at radius 2 is 1.86 bits per heavy atom. The monoisotopic (exact) mass is 194 g/mol. The molecule has 0 aliphatic heterocycles. The van der Waals surface area contributed by atoms with E-state index in [1.165, 1.54) is 38.5 Å². The summed E-state index contributed by atoms with van der Waals surface area (Å²) in [7, 11) is 0. The van der Waals surface area contributed by atoms with Crippen LogP contribution >= 0.6 is 0 Å². The third-order valence-corrected chi connectivity index (χ3v) is 3.12. The zero-order chi connectivity index (χ0) is 10.2. The van der Waals surface area contributed by atoms with Crippen molar-refractivity contribution in [3.05, 3.63) is 12.7 Å². The van der Waals surface area contributed by atoms with E-state index in [4.69, 9.17) is 0 Å². The van der Waals surface area contributed by atoms with Gasteiger partial charge >= 0.3 is 0 Å². The van der Waals surface area contributed by atoms with Crippen LogP contribution in [0.4, 0.5) is 0 Å². The molecule has 0 heterocycles. The highest BCUT2D eigenvalue weighted by Gasteiger charge is 2.15. The van der Waals surface area contributed by atoms with Crippen LogP contribution in [0.1, 0.15) is 57.8 Å². The molecule has 1 saturated carbocycles. The van der Waals surface area contributed by atoms with Crippen LogP contribution < -0.4 is 0 Å². The van der Waals surface area contributed by atoms with Gasteiger partial charge in [0.25, 0.3) is 0 Å². The lowest BCUT2D eigenvalue weighted by Gasteiger charge is -2.11. The van der Waals surface area contributed by atoms with Crippen molar-refractivity contribution < 1.29 is 4.79 Å². The Balaban J connectivity index is 2.20. The third kappa shape index (κ3) is 4.59. The van der Waals surface area contributed by atoms with Gasteiger partial charge in [0.1, 0.15) is 5.78 Å². The van der Waals surface area contributed by atoms with Crippen molar-refractivity contribution in [3.8, 4) is 0 Å². The molecule has 1 aliphatic rings. The minimum absolute atomic E-state index is 0.441. The normalized spacial score (nSPS) is 18.9. The van der Waals surface area contributed by atoms with Gasteiger partial charge in [0, 0.05) is 12.8 Å². The SMILES string of the molecule is C=CCCC(=O)CC1CCCCCC1. The van der Waals surface area contributed by atoms with Gasteiger partial charge in [-0.15, -0.1) is 6.58 Å². The zero-order valence-electron chi connectivity index (χ0n) is 9.13. The maximum atomic E-state index is 11.5. The van der Waals surface area contributed by atoms with Gasteiger partial charge in [-0.2, -0.15) is 0 Å². The molecule has 0 atom stereocenters. The summed E-state index contributed by atoms with van der Waals surface area (Å²) in [6.45, 7) is 3.64. The van der Waals surface area contributed by atoms with Crippen LogP contribution in [-0.2, 0) is 4.79 Å². The lowest BCUT2D eigenvalue weighted by molar-refractivity contribution is -0.120. The Hall–Kier alpha value is -0.590. The third-order valence-electron chi connectivity index (χ3n) is 3.12. The molecule has 1 aliphatic carbocycles. The van der Waals surface area contributed by atoms with E-state index in [9.17, 15) is 4.79 Å². The molecule has 0 amide bonds. The summed E-state index contributed by atoms with van der Waals surface area (Å²) in [6, 6.07) is 0. The molecule has 1 rings (SSSR count). The number of carbonyl (C=O) groups excluding carboxylic acids is 1. The molecule has 0 bridgehead atoms. The van der Waals surface area contributed by atoms with E-state index < -0.39 is 0 Å². The fourth-order valence-electron chi connectivity index (χ4n) is 2.26. The molecule has 0 saturated heterocycles. The molecule has 0 aromatic heterocycles. The minimum atomic E-state index is 0.441. The first-order valence-electron chi connectivity index (χ1n) is 5.95. The molecule has 0 radical (unpaired) electrons. The van der Waals surface area contributed by atoms with E-state index in [0.717, 1.165) is 12.8 Å². The molecule has 80 valence electrons. The summed E-state index contributed by atoms with van der Waals surface area (Å²) >= 11 is 0. The van der Waals surface area contributed by atoms with Crippen LogP contribution in [0.25, 0.3) is 0 Å². The van der Waals surface area contributed by atoms with Gasteiger partial charge in [0.05, 0.1) is 0 Å². The predicted octanol–water partition coefficient (Wildman–Crippen LogP) is 3.88. The molecular weight excluding hydrogens is 172 g/mol. The highest BCUT2D eigenvalue weighted by atomic mass is 16.1. The zero-order valence-corrected chi connectivity index (χ0v) is 9.13. The van der Waals surface area contributed by atoms with Crippen LogP contribution in [0.2, 0.25) is 0 Å². The smallest absolute Gasteiger partial charge is 0.133 e. The number of carbonyl (C=O) groups is 1. The average Bonchev–Trinajstić information content (AvgIpc) is 2.43. The van der Waals surface area contributed by atoms with E-state index in [2.05, 4.69) is 6.58 Å². The largest absolute Gasteiger partial charge is 0.300 e. The number of Topliss-reactive ketones (excluding diaryl/α,β-unsaturated/α-hetero) is 1. The molecule has 0 N–H and O–H groups in total. The second kappa shape index (κ2) is 6.80. The highest BCUT2D eigenvalue weighted by molar-refractivity contribution is 5.78. The van der Waals surface area contributed by atoms with Crippen molar-refractivity contribution in [2.24, 2.45) is 5.92 Å². The summed E-state index contributed by atoms with van der Waals surface area (Å²) in [5, 5.41) is 0. The van der Waals surface area contributed by atoms with Crippen molar-refractivity contribution >= 4 is 5.78 Å². The fourth-order valence-corrected chi connectivity index (χ4v) is 2.26. The molecule has 14 heavy (non-hydrogen) atoms. The maximum absolute atomic E-state index is 11.5. The fraction of sp³-hybridized carbons (Fsp3) is 0.769. The van der Waals surface area contributed by atoms with Crippen molar-refractivity contribution in [3.63, 3.8) is 0 Å². The van der Waals surface area contributed by atoms with Gasteiger partial charge in [-0.25, -0.2) is 0 Å². The van der Waals surface area contributed by atoms with E-state index in [0.29, 0.717) is 18.1 Å². The van der Waals surface area contributed by atoms with Gasteiger partial charge in [-0.3, -0.25) is 4.79 Å². The van der Waals surface area contributed by atoms with Gasteiger partial charge in [0.2, 0.25) is 0 Å². The van der Waals surface area contributed by atoms with Crippen LogP contribution in [0.5, 0.6) is 0 Å². The Morgan fingerprint density at radius 3 is 2.43 bits per heavy atom. The summed E-state index contributed by atoms with van der Waals surface area (Å²) in [6.07, 6.45) is 12.2. The van der Waals surface area contributed by atoms with Crippen LogP contribution in [-0.4, -0.2) is 5.78 Å². The number of ketones is 1. The van der Waals surface area contributed by atoms with Crippen molar-refractivity contribution in [1.29, 1.82) is 0 Å². The van der Waals surface area contributed by atoms with Crippen LogP contribution in [0, 0.1) is 5.92 Å². The van der Waals surface area contributed by atoms with E-state index >= 15 is 0 Å². The Bertz CT molecular complexity index is 176. The summed E-state index contributed by atoms with van der Waals surface area (Å²) in [5.74, 6) is 1.13. The molecule has 0 unspecified atom stereocenters. The molecule has 0 aromatic carbocycles. The average molecular weight is 194 g/mol. The highest BCUT2D eigenvalue weighted by Crippen LogP contribution is 2.25.